The molecule has 0 fully saturated rings. The Morgan fingerprint density at radius 3 is 2.06 bits per heavy atom. The fourth-order valence-electron chi connectivity index (χ4n) is 5.56. The molecule has 5 heteroatoms. The topological polar surface area (TPSA) is 61.8 Å². The van der Waals surface area contributed by atoms with Gasteiger partial charge in [-0.3, -0.25) is 4.79 Å². The number of fused-ring (bicyclic) bond motifs is 1. The zero-order valence-corrected chi connectivity index (χ0v) is 24.2. The Kier molecular flexibility index (Phi) is 13.1. The first-order chi connectivity index (χ1) is 17.3. The van der Waals surface area contributed by atoms with Crippen molar-refractivity contribution in [3.05, 3.63) is 22.3 Å². The van der Waals surface area contributed by atoms with Crippen LogP contribution in [0.2, 0.25) is 0 Å². The molecule has 1 aromatic rings. The standard InChI is InChI=1S/C31H54N2O3/c1-7-10-11-12-13-14-15-16-17-18-20-31(30(35)32-22-23-33(8-2)9-3)21-19-27-26(6)28(34)24(4)25(5)29(27)36-31/h34H,7-23H2,1-6H3,(H,32,35). The smallest absolute Gasteiger partial charge is 0.264 e. The summed E-state index contributed by atoms with van der Waals surface area (Å²) < 4.78 is 6.68. The van der Waals surface area contributed by atoms with E-state index >= 15 is 0 Å². The predicted molar refractivity (Wildman–Crippen MR) is 151 cm³/mol. The van der Waals surface area contributed by atoms with Crippen LogP contribution in [-0.2, 0) is 11.2 Å². The lowest BCUT2D eigenvalue weighted by Gasteiger charge is -2.39. The minimum atomic E-state index is -0.822. The molecule has 206 valence electrons. The molecule has 1 atom stereocenters. The van der Waals surface area contributed by atoms with Crippen molar-refractivity contribution in [2.75, 3.05) is 26.2 Å². The van der Waals surface area contributed by atoms with Crippen LogP contribution in [0, 0.1) is 20.8 Å². The number of aromatic hydroxyl groups is 1. The summed E-state index contributed by atoms with van der Waals surface area (Å²) in [4.78, 5) is 15.9. The molecule has 0 saturated heterocycles. The predicted octanol–water partition coefficient (Wildman–Crippen LogP) is 7.15. The Labute approximate surface area is 221 Å². The van der Waals surface area contributed by atoms with Gasteiger partial charge in [0.25, 0.3) is 5.91 Å². The van der Waals surface area contributed by atoms with E-state index in [4.69, 9.17) is 4.74 Å². The lowest BCUT2D eigenvalue weighted by molar-refractivity contribution is -0.139. The van der Waals surface area contributed by atoms with Gasteiger partial charge < -0.3 is 20.1 Å². The molecular formula is C31H54N2O3. The van der Waals surface area contributed by atoms with E-state index in [9.17, 15) is 9.90 Å². The summed E-state index contributed by atoms with van der Waals surface area (Å²) in [6, 6.07) is 0. The third-order valence-corrected chi connectivity index (χ3v) is 8.37. The molecule has 2 N–H and O–H groups in total. The van der Waals surface area contributed by atoms with Gasteiger partial charge in [0, 0.05) is 25.1 Å². The van der Waals surface area contributed by atoms with Gasteiger partial charge in [0.1, 0.15) is 11.5 Å². The number of nitrogens with one attached hydrogen (secondary N) is 1. The van der Waals surface area contributed by atoms with Crippen molar-refractivity contribution in [2.45, 2.75) is 131 Å². The SMILES string of the molecule is CCCCCCCCCCCCC1(C(=O)NCCN(CC)CC)CCc2c(C)c(O)c(C)c(C)c2O1. The number of likely N-dealkylation sites (N-methyl/N-ethyl adjacent to an activating group) is 1. The first-order valence-corrected chi connectivity index (χ1v) is 14.8. The van der Waals surface area contributed by atoms with E-state index < -0.39 is 5.60 Å². The number of ether oxygens (including phenoxy) is 1. The van der Waals surface area contributed by atoms with Crippen molar-refractivity contribution in [1.29, 1.82) is 0 Å². The van der Waals surface area contributed by atoms with Gasteiger partial charge in [-0.25, -0.2) is 0 Å². The van der Waals surface area contributed by atoms with Gasteiger partial charge >= 0.3 is 0 Å². The van der Waals surface area contributed by atoms with Crippen LogP contribution in [0.4, 0.5) is 0 Å². The number of hydrogen-bond donors (Lipinski definition) is 2. The first-order valence-electron chi connectivity index (χ1n) is 14.8. The van der Waals surface area contributed by atoms with E-state index in [1.165, 1.54) is 51.4 Å². The fraction of sp³-hybridized carbons (Fsp3) is 0.774. The molecule has 1 aliphatic rings. The molecule has 0 aliphatic carbocycles. The zero-order chi connectivity index (χ0) is 26.6. The number of rotatable bonds is 17. The third kappa shape index (κ3) is 8.13. The maximum Gasteiger partial charge on any atom is 0.264 e. The van der Waals surface area contributed by atoms with Crippen molar-refractivity contribution >= 4 is 5.91 Å². The molecule has 0 radical (unpaired) electrons. The minimum absolute atomic E-state index is 0.0269. The Hall–Kier alpha value is -1.75. The van der Waals surface area contributed by atoms with Crippen LogP contribution >= 0.6 is 0 Å². The Balaban J connectivity index is 2.03. The Bertz CT molecular complexity index is 819. The number of hydrogen-bond acceptors (Lipinski definition) is 4. The van der Waals surface area contributed by atoms with Crippen molar-refractivity contribution in [3.63, 3.8) is 0 Å². The number of carbonyl (C=O) groups excluding carboxylic acids is 1. The first kappa shape index (κ1) is 30.5. The van der Waals surface area contributed by atoms with Crippen LogP contribution in [0.5, 0.6) is 11.5 Å². The molecular weight excluding hydrogens is 448 g/mol. The molecule has 0 saturated carbocycles. The van der Waals surface area contributed by atoms with Crippen LogP contribution in [0.3, 0.4) is 0 Å². The quantitative estimate of drug-likeness (QED) is 0.222. The largest absolute Gasteiger partial charge is 0.507 e. The van der Waals surface area contributed by atoms with E-state index in [1.54, 1.807) is 0 Å². The van der Waals surface area contributed by atoms with Gasteiger partial charge in [-0.05, 0) is 69.8 Å². The second-order valence-corrected chi connectivity index (χ2v) is 10.8. The van der Waals surface area contributed by atoms with Crippen molar-refractivity contribution in [2.24, 2.45) is 0 Å². The van der Waals surface area contributed by atoms with Crippen LogP contribution in [0.25, 0.3) is 0 Å². The number of nitrogens with zero attached hydrogens (tertiary/aromatic N) is 1. The summed E-state index contributed by atoms with van der Waals surface area (Å²) in [5, 5.41) is 13.8. The van der Waals surface area contributed by atoms with Gasteiger partial charge in [0.2, 0.25) is 0 Å². The lowest BCUT2D eigenvalue weighted by Crippen LogP contribution is -2.54. The summed E-state index contributed by atoms with van der Waals surface area (Å²) >= 11 is 0. The Morgan fingerprint density at radius 2 is 1.47 bits per heavy atom. The molecule has 0 bridgehead atoms. The summed E-state index contributed by atoms with van der Waals surface area (Å²) in [6.45, 7) is 15.9. The third-order valence-electron chi connectivity index (χ3n) is 8.37. The van der Waals surface area contributed by atoms with Gasteiger partial charge in [-0.15, -0.1) is 0 Å². The highest BCUT2D eigenvalue weighted by molar-refractivity contribution is 5.86. The van der Waals surface area contributed by atoms with E-state index in [1.807, 2.05) is 20.8 Å². The average Bonchev–Trinajstić information content (AvgIpc) is 2.89. The molecule has 1 unspecified atom stereocenters. The van der Waals surface area contributed by atoms with Crippen LogP contribution in [-0.4, -0.2) is 47.7 Å². The van der Waals surface area contributed by atoms with Crippen LogP contribution in [0.1, 0.15) is 120 Å². The van der Waals surface area contributed by atoms with Gasteiger partial charge in [-0.2, -0.15) is 0 Å². The number of benzene rings is 1. The molecule has 1 aliphatic heterocycles. The second-order valence-electron chi connectivity index (χ2n) is 10.8. The van der Waals surface area contributed by atoms with Gasteiger partial charge in [-0.1, -0.05) is 78.6 Å². The molecule has 1 aromatic carbocycles. The van der Waals surface area contributed by atoms with Gasteiger partial charge in [0.15, 0.2) is 5.60 Å². The maximum atomic E-state index is 13.6. The highest BCUT2D eigenvalue weighted by Crippen LogP contribution is 2.44. The van der Waals surface area contributed by atoms with Crippen LogP contribution in [0.15, 0.2) is 0 Å². The molecule has 1 amide bonds. The van der Waals surface area contributed by atoms with E-state index in [0.29, 0.717) is 18.7 Å². The van der Waals surface area contributed by atoms with Crippen LogP contribution < -0.4 is 10.1 Å². The molecule has 2 rings (SSSR count). The van der Waals surface area contributed by atoms with E-state index in [-0.39, 0.29) is 5.91 Å². The highest BCUT2D eigenvalue weighted by atomic mass is 16.5. The summed E-state index contributed by atoms with van der Waals surface area (Å²) in [6.07, 6.45) is 14.9. The van der Waals surface area contributed by atoms with Crippen molar-refractivity contribution in [3.8, 4) is 11.5 Å². The minimum Gasteiger partial charge on any atom is -0.507 e. The molecule has 5 nitrogen and oxygen atoms in total. The monoisotopic (exact) mass is 502 g/mol. The molecule has 1 heterocycles. The fourth-order valence-corrected chi connectivity index (χ4v) is 5.56. The summed E-state index contributed by atoms with van der Waals surface area (Å²) in [5.74, 6) is 1.21. The van der Waals surface area contributed by atoms with Crippen molar-refractivity contribution in [1.82, 2.24) is 10.2 Å². The normalized spacial score (nSPS) is 17.2. The number of phenolic OH excluding ortho intramolecular Hbond substituents is 1. The maximum absolute atomic E-state index is 13.6. The summed E-state index contributed by atoms with van der Waals surface area (Å²) in [7, 11) is 0. The number of unbranched alkanes of at least 4 members (excludes halogenated alkanes) is 9. The molecule has 0 aromatic heterocycles. The molecule has 36 heavy (non-hydrogen) atoms. The molecule has 0 spiro atoms. The van der Waals surface area contributed by atoms with Crippen molar-refractivity contribution < 1.29 is 14.6 Å². The zero-order valence-electron chi connectivity index (χ0n) is 24.2. The Morgan fingerprint density at radius 1 is 0.889 bits per heavy atom. The lowest BCUT2D eigenvalue weighted by atomic mass is 9.82. The second kappa shape index (κ2) is 15.5. The summed E-state index contributed by atoms with van der Waals surface area (Å²) in [5.41, 5.74) is 2.93. The highest BCUT2D eigenvalue weighted by Gasteiger charge is 2.44. The number of carbonyl (C=O) groups is 1. The van der Waals surface area contributed by atoms with E-state index in [2.05, 4.69) is 31.0 Å². The average molecular weight is 503 g/mol. The number of amides is 1. The number of phenols is 1. The van der Waals surface area contributed by atoms with E-state index in [0.717, 1.165) is 73.3 Å². The van der Waals surface area contributed by atoms with Gasteiger partial charge in [0.05, 0.1) is 0 Å².